The van der Waals surface area contributed by atoms with Gasteiger partial charge in [0.2, 0.25) is 11.7 Å². The number of nitrogens with one attached hydrogen (secondary N) is 1. The van der Waals surface area contributed by atoms with E-state index >= 15 is 0 Å². The summed E-state index contributed by atoms with van der Waals surface area (Å²) in [4.78, 5) is 4.38. The van der Waals surface area contributed by atoms with Gasteiger partial charge in [0, 0.05) is 11.3 Å². The minimum Gasteiger partial charge on any atom is -0.494 e. The summed E-state index contributed by atoms with van der Waals surface area (Å²) in [5.74, 6) is 2.49. The Bertz CT molecular complexity index is 923. The van der Waals surface area contributed by atoms with Crippen LogP contribution in [-0.2, 0) is 6.54 Å². The molecule has 0 aliphatic rings. The predicted molar refractivity (Wildman–Crippen MR) is 103 cm³/mol. The van der Waals surface area contributed by atoms with Gasteiger partial charge in [-0.15, -0.1) is 0 Å². The summed E-state index contributed by atoms with van der Waals surface area (Å²) in [5.41, 5.74) is 1.45. The van der Waals surface area contributed by atoms with E-state index in [0.717, 1.165) is 5.56 Å². The highest BCUT2D eigenvalue weighted by molar-refractivity contribution is 6.37. The SMILES string of the molecule is COc1ccc(-c2noc(CNc3cc(Cl)c(OC)c(Cl)c3)n2)cc1OC. The van der Waals surface area contributed by atoms with Crippen molar-refractivity contribution in [1.29, 1.82) is 0 Å². The molecule has 1 aromatic heterocycles. The number of hydrogen-bond donors (Lipinski definition) is 1. The fraction of sp³-hybridized carbons (Fsp3) is 0.222. The smallest absolute Gasteiger partial charge is 0.246 e. The molecule has 0 radical (unpaired) electrons. The van der Waals surface area contributed by atoms with Gasteiger partial charge in [0.15, 0.2) is 17.2 Å². The maximum atomic E-state index is 6.13. The van der Waals surface area contributed by atoms with Crippen LogP contribution in [0.1, 0.15) is 5.89 Å². The zero-order chi connectivity index (χ0) is 19.4. The lowest BCUT2D eigenvalue weighted by Crippen LogP contribution is -2.00. The van der Waals surface area contributed by atoms with Crippen molar-refractivity contribution in [1.82, 2.24) is 10.1 Å². The topological polar surface area (TPSA) is 78.6 Å². The maximum absolute atomic E-state index is 6.13. The number of ether oxygens (including phenoxy) is 3. The Labute approximate surface area is 166 Å². The van der Waals surface area contributed by atoms with Crippen LogP contribution in [0.25, 0.3) is 11.4 Å². The first-order chi connectivity index (χ1) is 13.0. The van der Waals surface area contributed by atoms with Gasteiger partial charge in [-0.05, 0) is 30.3 Å². The number of hydrogen-bond acceptors (Lipinski definition) is 7. The number of rotatable bonds is 7. The highest BCUT2D eigenvalue weighted by Crippen LogP contribution is 2.36. The molecule has 0 saturated carbocycles. The highest BCUT2D eigenvalue weighted by atomic mass is 35.5. The molecule has 2 aromatic carbocycles. The van der Waals surface area contributed by atoms with Crippen LogP contribution in [0.4, 0.5) is 5.69 Å². The first-order valence-corrected chi connectivity index (χ1v) is 8.63. The molecule has 27 heavy (non-hydrogen) atoms. The van der Waals surface area contributed by atoms with E-state index in [1.807, 2.05) is 6.07 Å². The Balaban J connectivity index is 1.73. The minimum absolute atomic E-state index is 0.305. The monoisotopic (exact) mass is 409 g/mol. The van der Waals surface area contributed by atoms with Crippen LogP contribution in [0.15, 0.2) is 34.9 Å². The summed E-state index contributed by atoms with van der Waals surface area (Å²) in [7, 11) is 4.65. The fourth-order valence-corrected chi connectivity index (χ4v) is 3.10. The van der Waals surface area contributed by atoms with Crippen molar-refractivity contribution in [3.05, 3.63) is 46.3 Å². The molecule has 0 aliphatic heterocycles. The molecule has 3 rings (SSSR count). The lowest BCUT2D eigenvalue weighted by atomic mass is 10.2. The summed E-state index contributed by atoms with van der Waals surface area (Å²) in [6, 6.07) is 8.80. The molecule has 1 heterocycles. The van der Waals surface area contributed by atoms with Gasteiger partial charge in [0.05, 0.1) is 37.9 Å². The normalized spacial score (nSPS) is 10.6. The minimum atomic E-state index is 0.305. The Morgan fingerprint density at radius 3 is 2.30 bits per heavy atom. The van der Waals surface area contributed by atoms with E-state index in [2.05, 4.69) is 15.5 Å². The van der Waals surface area contributed by atoms with E-state index in [1.165, 1.54) is 7.11 Å². The van der Waals surface area contributed by atoms with Gasteiger partial charge in [-0.3, -0.25) is 0 Å². The summed E-state index contributed by atoms with van der Waals surface area (Å²) in [6.07, 6.45) is 0. The third kappa shape index (κ3) is 4.20. The molecule has 0 bridgehead atoms. The average molecular weight is 410 g/mol. The second-order valence-corrected chi connectivity index (χ2v) is 6.22. The summed E-state index contributed by atoms with van der Waals surface area (Å²) in [5, 5.41) is 7.94. The van der Waals surface area contributed by atoms with Crippen molar-refractivity contribution >= 4 is 28.9 Å². The molecule has 9 heteroatoms. The Hall–Kier alpha value is -2.64. The van der Waals surface area contributed by atoms with Crippen LogP contribution in [0.2, 0.25) is 10.0 Å². The van der Waals surface area contributed by atoms with E-state index in [4.69, 9.17) is 41.9 Å². The van der Waals surface area contributed by atoms with Gasteiger partial charge >= 0.3 is 0 Å². The molecule has 142 valence electrons. The first kappa shape index (κ1) is 19.1. The number of anilines is 1. The number of halogens is 2. The Morgan fingerprint density at radius 1 is 0.963 bits per heavy atom. The van der Waals surface area contributed by atoms with Crippen LogP contribution < -0.4 is 19.5 Å². The van der Waals surface area contributed by atoms with E-state index in [0.29, 0.717) is 51.2 Å². The second-order valence-electron chi connectivity index (χ2n) is 5.41. The van der Waals surface area contributed by atoms with Crippen molar-refractivity contribution in [3.63, 3.8) is 0 Å². The van der Waals surface area contributed by atoms with Gasteiger partial charge in [-0.2, -0.15) is 4.98 Å². The lowest BCUT2D eigenvalue weighted by molar-refractivity contribution is 0.355. The van der Waals surface area contributed by atoms with E-state index in [9.17, 15) is 0 Å². The van der Waals surface area contributed by atoms with Gasteiger partial charge in [0.25, 0.3) is 0 Å². The molecule has 0 saturated heterocycles. The molecule has 0 aliphatic carbocycles. The summed E-state index contributed by atoms with van der Waals surface area (Å²) >= 11 is 12.3. The van der Waals surface area contributed by atoms with Crippen molar-refractivity contribution in [2.45, 2.75) is 6.54 Å². The van der Waals surface area contributed by atoms with E-state index < -0.39 is 0 Å². The third-order valence-electron chi connectivity index (χ3n) is 3.76. The van der Waals surface area contributed by atoms with Crippen LogP contribution in [0.3, 0.4) is 0 Å². The third-order valence-corrected chi connectivity index (χ3v) is 4.32. The molecule has 0 amide bonds. The second kappa shape index (κ2) is 8.37. The molecular formula is C18H17Cl2N3O4. The van der Waals surface area contributed by atoms with Crippen molar-refractivity contribution in [3.8, 4) is 28.6 Å². The van der Waals surface area contributed by atoms with Crippen LogP contribution in [0, 0.1) is 0 Å². The largest absolute Gasteiger partial charge is 0.494 e. The molecule has 7 nitrogen and oxygen atoms in total. The van der Waals surface area contributed by atoms with Crippen LogP contribution in [0.5, 0.6) is 17.2 Å². The molecule has 0 atom stereocenters. The van der Waals surface area contributed by atoms with E-state index in [1.54, 1.807) is 38.5 Å². The van der Waals surface area contributed by atoms with Crippen molar-refractivity contribution < 1.29 is 18.7 Å². The molecule has 3 aromatic rings. The van der Waals surface area contributed by atoms with Gasteiger partial charge in [-0.1, -0.05) is 28.4 Å². The van der Waals surface area contributed by atoms with Gasteiger partial charge < -0.3 is 24.1 Å². The maximum Gasteiger partial charge on any atom is 0.246 e. The predicted octanol–water partition coefficient (Wildman–Crippen LogP) is 4.68. The Morgan fingerprint density at radius 2 is 1.67 bits per heavy atom. The fourth-order valence-electron chi connectivity index (χ4n) is 2.45. The first-order valence-electron chi connectivity index (χ1n) is 7.87. The summed E-state index contributed by atoms with van der Waals surface area (Å²) in [6.45, 7) is 0.305. The number of aromatic nitrogens is 2. The van der Waals surface area contributed by atoms with E-state index in [-0.39, 0.29) is 0 Å². The Kier molecular flexibility index (Phi) is 5.93. The van der Waals surface area contributed by atoms with Crippen LogP contribution in [-0.4, -0.2) is 31.5 Å². The quantitative estimate of drug-likeness (QED) is 0.606. The summed E-state index contributed by atoms with van der Waals surface area (Å²) < 4.78 is 20.9. The van der Waals surface area contributed by atoms with Gasteiger partial charge in [0.1, 0.15) is 0 Å². The highest BCUT2D eigenvalue weighted by Gasteiger charge is 2.13. The molecule has 0 fully saturated rings. The van der Waals surface area contributed by atoms with Crippen LogP contribution >= 0.6 is 23.2 Å². The van der Waals surface area contributed by atoms with Crippen molar-refractivity contribution in [2.24, 2.45) is 0 Å². The molecule has 0 unspecified atom stereocenters. The molecule has 1 N–H and O–H groups in total. The lowest BCUT2D eigenvalue weighted by Gasteiger charge is -2.09. The molecule has 0 spiro atoms. The van der Waals surface area contributed by atoms with Gasteiger partial charge in [-0.25, -0.2) is 0 Å². The zero-order valence-electron chi connectivity index (χ0n) is 14.9. The average Bonchev–Trinajstić information content (AvgIpc) is 3.14. The number of benzene rings is 2. The zero-order valence-corrected chi connectivity index (χ0v) is 16.4. The molecular weight excluding hydrogens is 393 g/mol. The standard InChI is InChI=1S/C18H17Cl2N3O4/c1-24-14-5-4-10(6-15(14)25-2)18-22-16(27-23-18)9-21-11-7-12(19)17(26-3)13(20)8-11/h4-8,21H,9H2,1-3H3. The number of nitrogens with zero attached hydrogens (tertiary/aromatic N) is 2. The number of methoxy groups -OCH3 is 3. The van der Waals surface area contributed by atoms with Crippen molar-refractivity contribution in [2.75, 3.05) is 26.6 Å².